The fourth-order valence-corrected chi connectivity index (χ4v) is 2.71. The average Bonchev–Trinajstić information content (AvgIpc) is 2.80. The average molecular weight is 261 g/mol. The molecule has 0 unspecified atom stereocenters. The van der Waals surface area contributed by atoms with Crippen LogP contribution in [0.1, 0.15) is 27.8 Å². The summed E-state index contributed by atoms with van der Waals surface area (Å²) in [5.74, 6) is 0.879. The van der Waals surface area contributed by atoms with E-state index in [1.165, 1.54) is 9.75 Å². The van der Waals surface area contributed by atoms with Gasteiger partial charge in [-0.05, 0) is 43.5 Å². The van der Waals surface area contributed by atoms with E-state index >= 15 is 0 Å². The molecular weight excluding hydrogens is 242 g/mol. The highest BCUT2D eigenvalue weighted by Gasteiger charge is 2.05. The largest absolute Gasteiger partial charge is 0.488 e. The highest BCUT2D eigenvalue weighted by atomic mass is 32.1. The normalized spacial score (nSPS) is 10.6. The summed E-state index contributed by atoms with van der Waals surface area (Å²) < 4.78 is 5.85. The summed E-state index contributed by atoms with van der Waals surface area (Å²) in [6.07, 6.45) is 1.08. The molecule has 0 aliphatic heterocycles. The molecule has 1 aromatic carbocycles. The van der Waals surface area contributed by atoms with Crippen molar-refractivity contribution in [3.05, 3.63) is 45.1 Å². The number of aryl methyl sites for hydroxylation is 3. The third-order valence-electron chi connectivity index (χ3n) is 3.00. The number of benzene rings is 1. The van der Waals surface area contributed by atoms with Gasteiger partial charge in [0.25, 0.3) is 0 Å². The number of ether oxygens (including phenoxy) is 1. The highest BCUT2D eigenvalue weighted by molar-refractivity contribution is 7.11. The Labute approximate surface area is 112 Å². The standard InChI is InChI=1S/C15H19NOS/c1-4-12-5-6-13(18-12)9-17-15-8-14(16)10(2)7-11(15)3/h5-8H,4,9,16H2,1-3H3. The van der Waals surface area contributed by atoms with Crippen LogP contribution in [0.25, 0.3) is 0 Å². The molecule has 0 fully saturated rings. The predicted octanol–water partition coefficient (Wildman–Crippen LogP) is 4.09. The van der Waals surface area contributed by atoms with Crippen molar-refractivity contribution in [2.24, 2.45) is 0 Å². The zero-order valence-electron chi connectivity index (χ0n) is 11.1. The van der Waals surface area contributed by atoms with Crippen LogP contribution in [0.4, 0.5) is 5.69 Å². The Morgan fingerprint density at radius 1 is 1.11 bits per heavy atom. The van der Waals surface area contributed by atoms with Gasteiger partial charge in [0, 0.05) is 21.5 Å². The molecule has 0 saturated heterocycles. The fraction of sp³-hybridized carbons (Fsp3) is 0.333. The van der Waals surface area contributed by atoms with Crippen LogP contribution in [0.2, 0.25) is 0 Å². The van der Waals surface area contributed by atoms with Crippen LogP contribution in [0.15, 0.2) is 24.3 Å². The van der Waals surface area contributed by atoms with E-state index in [9.17, 15) is 0 Å². The first-order valence-corrected chi connectivity index (χ1v) is 6.99. The Bertz CT molecular complexity index is 545. The van der Waals surface area contributed by atoms with Gasteiger partial charge in [-0.15, -0.1) is 11.3 Å². The second-order valence-electron chi connectivity index (χ2n) is 4.48. The number of rotatable bonds is 4. The van der Waals surface area contributed by atoms with Gasteiger partial charge in [0.1, 0.15) is 12.4 Å². The van der Waals surface area contributed by atoms with Crippen LogP contribution in [0.5, 0.6) is 5.75 Å². The van der Waals surface area contributed by atoms with E-state index in [0.29, 0.717) is 6.61 Å². The van der Waals surface area contributed by atoms with Crippen molar-refractivity contribution in [2.45, 2.75) is 33.8 Å². The fourth-order valence-electron chi connectivity index (χ4n) is 1.84. The summed E-state index contributed by atoms with van der Waals surface area (Å²) in [4.78, 5) is 2.65. The highest BCUT2D eigenvalue weighted by Crippen LogP contribution is 2.26. The number of hydrogen-bond acceptors (Lipinski definition) is 3. The Hall–Kier alpha value is -1.48. The molecule has 1 heterocycles. The van der Waals surface area contributed by atoms with Gasteiger partial charge in [-0.2, -0.15) is 0 Å². The van der Waals surface area contributed by atoms with Crippen molar-refractivity contribution in [2.75, 3.05) is 5.73 Å². The minimum atomic E-state index is 0.619. The number of thiophene rings is 1. The minimum Gasteiger partial charge on any atom is -0.488 e. The molecule has 2 aromatic rings. The molecule has 0 aliphatic carbocycles. The summed E-state index contributed by atoms with van der Waals surface area (Å²) >= 11 is 1.81. The van der Waals surface area contributed by atoms with Gasteiger partial charge in [0.05, 0.1) is 0 Å². The maximum atomic E-state index is 5.91. The number of nitrogens with two attached hydrogens (primary N) is 1. The molecule has 1 aromatic heterocycles. The lowest BCUT2D eigenvalue weighted by Crippen LogP contribution is -1.98. The van der Waals surface area contributed by atoms with Crippen LogP contribution in [-0.2, 0) is 13.0 Å². The Balaban J connectivity index is 2.08. The first-order valence-electron chi connectivity index (χ1n) is 6.17. The van der Waals surface area contributed by atoms with Gasteiger partial charge in [0.15, 0.2) is 0 Å². The molecule has 2 rings (SSSR count). The van der Waals surface area contributed by atoms with Crippen LogP contribution in [0, 0.1) is 13.8 Å². The Morgan fingerprint density at radius 3 is 2.50 bits per heavy atom. The van der Waals surface area contributed by atoms with Gasteiger partial charge in [-0.25, -0.2) is 0 Å². The minimum absolute atomic E-state index is 0.619. The van der Waals surface area contributed by atoms with E-state index in [1.54, 1.807) is 0 Å². The third kappa shape index (κ3) is 2.85. The number of anilines is 1. The summed E-state index contributed by atoms with van der Waals surface area (Å²) in [5, 5.41) is 0. The molecule has 2 nitrogen and oxygen atoms in total. The molecule has 0 bridgehead atoms. The molecule has 0 saturated carbocycles. The van der Waals surface area contributed by atoms with Crippen LogP contribution < -0.4 is 10.5 Å². The predicted molar refractivity (Wildman–Crippen MR) is 78.4 cm³/mol. The van der Waals surface area contributed by atoms with Crippen molar-refractivity contribution in [3.8, 4) is 5.75 Å². The second-order valence-corrected chi connectivity index (χ2v) is 5.74. The lowest BCUT2D eigenvalue weighted by atomic mass is 10.1. The van der Waals surface area contributed by atoms with Gasteiger partial charge in [0.2, 0.25) is 0 Å². The molecule has 2 N–H and O–H groups in total. The van der Waals surface area contributed by atoms with Gasteiger partial charge in [-0.3, -0.25) is 0 Å². The molecule has 0 radical (unpaired) electrons. The monoisotopic (exact) mass is 261 g/mol. The molecule has 0 amide bonds. The molecule has 0 spiro atoms. The zero-order chi connectivity index (χ0) is 13.1. The molecule has 18 heavy (non-hydrogen) atoms. The lowest BCUT2D eigenvalue weighted by Gasteiger charge is -2.10. The summed E-state index contributed by atoms with van der Waals surface area (Å²) in [6, 6.07) is 8.28. The van der Waals surface area contributed by atoms with E-state index in [1.807, 2.05) is 31.3 Å². The third-order valence-corrected chi connectivity index (χ3v) is 4.20. The Kier molecular flexibility index (Phi) is 3.92. The molecule has 96 valence electrons. The first-order chi connectivity index (χ1) is 8.60. The first kappa shape index (κ1) is 13.0. The SMILES string of the molecule is CCc1ccc(COc2cc(N)c(C)cc2C)s1. The summed E-state index contributed by atoms with van der Waals surface area (Å²) in [6.45, 7) is 6.85. The zero-order valence-corrected chi connectivity index (χ0v) is 11.9. The Morgan fingerprint density at radius 2 is 1.83 bits per heavy atom. The van der Waals surface area contributed by atoms with Crippen molar-refractivity contribution >= 4 is 17.0 Å². The van der Waals surface area contributed by atoms with Crippen LogP contribution in [0.3, 0.4) is 0 Å². The molecular formula is C15H19NOS. The van der Waals surface area contributed by atoms with E-state index in [0.717, 1.165) is 29.0 Å². The topological polar surface area (TPSA) is 35.2 Å². The lowest BCUT2D eigenvalue weighted by molar-refractivity contribution is 0.308. The van der Waals surface area contributed by atoms with Crippen molar-refractivity contribution in [1.29, 1.82) is 0 Å². The smallest absolute Gasteiger partial charge is 0.124 e. The quantitative estimate of drug-likeness (QED) is 0.841. The summed E-state index contributed by atoms with van der Waals surface area (Å²) in [5.41, 5.74) is 8.93. The van der Waals surface area contributed by atoms with Gasteiger partial charge >= 0.3 is 0 Å². The van der Waals surface area contributed by atoms with Crippen molar-refractivity contribution < 1.29 is 4.74 Å². The van der Waals surface area contributed by atoms with E-state index in [4.69, 9.17) is 10.5 Å². The van der Waals surface area contributed by atoms with Gasteiger partial charge < -0.3 is 10.5 Å². The maximum Gasteiger partial charge on any atom is 0.124 e. The molecule has 0 aliphatic rings. The number of nitrogen functional groups attached to an aromatic ring is 1. The molecule has 3 heteroatoms. The van der Waals surface area contributed by atoms with Crippen LogP contribution >= 0.6 is 11.3 Å². The van der Waals surface area contributed by atoms with Crippen LogP contribution in [-0.4, -0.2) is 0 Å². The van der Waals surface area contributed by atoms with Crippen molar-refractivity contribution in [3.63, 3.8) is 0 Å². The van der Waals surface area contributed by atoms with Crippen molar-refractivity contribution in [1.82, 2.24) is 0 Å². The van der Waals surface area contributed by atoms with E-state index in [-0.39, 0.29) is 0 Å². The van der Waals surface area contributed by atoms with E-state index in [2.05, 4.69) is 25.1 Å². The maximum absolute atomic E-state index is 5.91. The number of hydrogen-bond donors (Lipinski definition) is 1. The second kappa shape index (κ2) is 5.44. The summed E-state index contributed by atoms with van der Waals surface area (Å²) in [7, 11) is 0. The van der Waals surface area contributed by atoms with E-state index < -0.39 is 0 Å². The van der Waals surface area contributed by atoms with Gasteiger partial charge in [-0.1, -0.05) is 13.0 Å². The molecule has 0 atom stereocenters.